The van der Waals surface area contributed by atoms with Crippen molar-refractivity contribution in [2.24, 2.45) is 12.9 Å². The first kappa shape index (κ1) is 12.2. The van der Waals surface area contributed by atoms with Gasteiger partial charge in [0.05, 0.1) is 4.88 Å². The number of amides is 1. The van der Waals surface area contributed by atoms with Crippen LogP contribution in [0.25, 0.3) is 0 Å². The fourth-order valence-electron chi connectivity index (χ4n) is 1.35. The van der Waals surface area contributed by atoms with Gasteiger partial charge in [-0.15, -0.1) is 11.3 Å². The Morgan fingerprint density at radius 2 is 2.53 bits per heavy atom. The number of rotatable bonds is 4. The average molecular weight is 268 g/mol. The summed E-state index contributed by atoms with van der Waals surface area (Å²) < 4.78 is 1.94. The highest BCUT2D eigenvalue weighted by Crippen LogP contribution is 2.25. The van der Waals surface area contributed by atoms with Crippen molar-refractivity contribution in [1.82, 2.24) is 15.0 Å². The van der Waals surface area contributed by atoms with Crippen LogP contribution in [-0.2, 0) is 12.8 Å². The molecular weight excluding hydrogens is 256 g/mol. The van der Waals surface area contributed by atoms with Crippen LogP contribution in [0.5, 0.6) is 0 Å². The van der Waals surface area contributed by atoms with Crippen LogP contribution >= 0.6 is 23.1 Å². The Bertz CT molecular complexity index is 520. The summed E-state index contributed by atoms with van der Waals surface area (Å²) in [5.41, 5.74) is 3.13. The molecule has 0 radical (unpaired) electrons. The molecule has 1 amide bonds. The number of nitrogen functional groups attached to an aromatic ring is 1. The Balaban J connectivity index is 2.07. The molecule has 0 saturated heterocycles. The predicted octanol–water partition coefficient (Wildman–Crippen LogP) is 1.38. The molecule has 0 unspecified atom stereocenters. The molecule has 0 aliphatic carbocycles. The van der Waals surface area contributed by atoms with E-state index < -0.39 is 0 Å². The van der Waals surface area contributed by atoms with Gasteiger partial charge in [-0.05, 0) is 17.0 Å². The number of hydrogen-bond acceptors (Lipinski definition) is 5. The quantitative estimate of drug-likeness (QED) is 0.380. The summed E-state index contributed by atoms with van der Waals surface area (Å²) in [4.78, 5) is 16.3. The number of thiophene rings is 1. The molecule has 0 saturated carbocycles. The van der Waals surface area contributed by atoms with Crippen molar-refractivity contribution in [3.63, 3.8) is 0 Å². The molecule has 0 aliphatic rings. The fraction of sp³-hybridized carbons (Fsp3) is 0.200. The number of thioether (sulfide) groups is 1. The van der Waals surface area contributed by atoms with Crippen LogP contribution in [0.4, 0.5) is 0 Å². The van der Waals surface area contributed by atoms with E-state index in [0.29, 0.717) is 10.6 Å². The lowest BCUT2D eigenvalue weighted by atomic mass is 10.3. The second kappa shape index (κ2) is 5.35. The lowest BCUT2D eigenvalue weighted by Crippen LogP contribution is -2.29. The van der Waals surface area contributed by atoms with E-state index in [4.69, 9.17) is 5.84 Å². The van der Waals surface area contributed by atoms with E-state index in [1.54, 1.807) is 18.0 Å². The largest absolute Gasteiger partial charge is 0.329 e. The molecule has 7 heteroatoms. The molecule has 2 aromatic heterocycles. The number of carbonyl (C=O) groups excluding carboxylic acids is 1. The van der Waals surface area contributed by atoms with Crippen LogP contribution in [0.2, 0.25) is 0 Å². The van der Waals surface area contributed by atoms with Crippen LogP contribution < -0.4 is 11.3 Å². The third-order valence-electron chi connectivity index (χ3n) is 2.22. The zero-order valence-corrected chi connectivity index (χ0v) is 10.8. The van der Waals surface area contributed by atoms with E-state index in [1.165, 1.54) is 11.3 Å². The molecule has 0 spiro atoms. The lowest BCUT2D eigenvalue weighted by molar-refractivity contribution is 0.0957. The van der Waals surface area contributed by atoms with Crippen LogP contribution in [0.3, 0.4) is 0 Å². The number of carbonyl (C=O) groups is 1. The van der Waals surface area contributed by atoms with Crippen molar-refractivity contribution in [1.29, 1.82) is 0 Å². The molecule has 0 fully saturated rings. The van der Waals surface area contributed by atoms with Crippen LogP contribution in [0, 0.1) is 0 Å². The smallest absolute Gasteiger partial charge is 0.275 e. The van der Waals surface area contributed by atoms with Gasteiger partial charge in [0.2, 0.25) is 0 Å². The van der Waals surface area contributed by atoms with Crippen LogP contribution in [-0.4, -0.2) is 15.5 Å². The van der Waals surface area contributed by atoms with Gasteiger partial charge < -0.3 is 4.57 Å². The molecule has 0 atom stereocenters. The molecule has 0 bridgehead atoms. The Hall–Kier alpha value is -1.31. The zero-order chi connectivity index (χ0) is 12.3. The van der Waals surface area contributed by atoms with Gasteiger partial charge in [0.25, 0.3) is 5.91 Å². The maximum Gasteiger partial charge on any atom is 0.275 e. The summed E-state index contributed by atoms with van der Waals surface area (Å²) in [6, 6.07) is 1.94. The molecule has 0 aromatic carbocycles. The Morgan fingerprint density at radius 1 is 1.71 bits per heavy atom. The Labute approximate surface area is 107 Å². The lowest BCUT2D eigenvalue weighted by Gasteiger charge is -2.03. The maximum atomic E-state index is 11.5. The summed E-state index contributed by atoms with van der Waals surface area (Å²) in [6.07, 6.45) is 3.65. The van der Waals surface area contributed by atoms with Crippen LogP contribution in [0.1, 0.15) is 15.2 Å². The number of nitrogens with one attached hydrogen (secondary N) is 1. The highest BCUT2D eigenvalue weighted by atomic mass is 32.2. The van der Waals surface area contributed by atoms with E-state index in [1.807, 2.05) is 29.3 Å². The van der Waals surface area contributed by atoms with Crippen molar-refractivity contribution < 1.29 is 4.79 Å². The van der Waals surface area contributed by atoms with E-state index in [2.05, 4.69) is 10.4 Å². The average Bonchev–Trinajstić information content (AvgIpc) is 2.94. The predicted molar refractivity (Wildman–Crippen MR) is 68.7 cm³/mol. The number of hydrazine groups is 1. The Kier molecular flexibility index (Phi) is 3.82. The van der Waals surface area contributed by atoms with Gasteiger partial charge in [-0.2, -0.15) is 0 Å². The third kappa shape index (κ3) is 2.68. The van der Waals surface area contributed by atoms with Gasteiger partial charge in [-0.1, -0.05) is 11.8 Å². The molecular formula is C10H12N4OS2. The molecule has 2 aromatic rings. The van der Waals surface area contributed by atoms with Gasteiger partial charge >= 0.3 is 0 Å². The van der Waals surface area contributed by atoms with Crippen molar-refractivity contribution in [3.05, 3.63) is 34.3 Å². The molecule has 2 rings (SSSR count). The summed E-state index contributed by atoms with van der Waals surface area (Å²) >= 11 is 2.98. The van der Waals surface area contributed by atoms with Crippen molar-refractivity contribution >= 4 is 29.0 Å². The maximum absolute atomic E-state index is 11.5. The molecule has 90 valence electrons. The minimum Gasteiger partial charge on any atom is -0.329 e. The van der Waals surface area contributed by atoms with Crippen LogP contribution in [0.15, 0.2) is 29.0 Å². The van der Waals surface area contributed by atoms with Gasteiger partial charge in [-0.25, -0.2) is 10.8 Å². The SMILES string of the molecule is Cn1ccnc1SCc1ccsc1C(=O)NN. The highest BCUT2D eigenvalue weighted by Gasteiger charge is 2.12. The first-order chi connectivity index (χ1) is 8.22. The summed E-state index contributed by atoms with van der Waals surface area (Å²) in [6.45, 7) is 0. The molecule has 3 N–H and O–H groups in total. The minimum absolute atomic E-state index is 0.240. The molecule has 17 heavy (non-hydrogen) atoms. The molecule has 2 heterocycles. The number of nitrogens with zero attached hydrogens (tertiary/aromatic N) is 2. The van der Waals surface area contributed by atoms with E-state index in [-0.39, 0.29) is 5.91 Å². The fourth-order valence-corrected chi connectivity index (χ4v) is 3.19. The van der Waals surface area contributed by atoms with Gasteiger partial charge in [0, 0.05) is 25.2 Å². The van der Waals surface area contributed by atoms with Gasteiger partial charge in [0.1, 0.15) is 0 Å². The highest BCUT2D eigenvalue weighted by molar-refractivity contribution is 7.98. The second-order valence-corrected chi connectivity index (χ2v) is 5.22. The molecule has 5 nitrogen and oxygen atoms in total. The number of aromatic nitrogens is 2. The van der Waals surface area contributed by atoms with E-state index in [0.717, 1.165) is 10.7 Å². The Morgan fingerprint density at radius 3 is 3.18 bits per heavy atom. The number of aryl methyl sites for hydroxylation is 1. The first-order valence-electron chi connectivity index (χ1n) is 4.90. The summed E-state index contributed by atoms with van der Waals surface area (Å²) in [5.74, 6) is 5.60. The summed E-state index contributed by atoms with van der Waals surface area (Å²) in [5, 5.41) is 2.81. The number of nitrogens with two attached hydrogens (primary N) is 1. The topological polar surface area (TPSA) is 72.9 Å². The zero-order valence-electron chi connectivity index (χ0n) is 9.21. The van der Waals surface area contributed by atoms with E-state index in [9.17, 15) is 4.79 Å². The van der Waals surface area contributed by atoms with Crippen molar-refractivity contribution in [2.45, 2.75) is 10.9 Å². The second-order valence-electron chi connectivity index (χ2n) is 3.36. The van der Waals surface area contributed by atoms with E-state index >= 15 is 0 Å². The normalized spacial score (nSPS) is 10.5. The van der Waals surface area contributed by atoms with Crippen molar-refractivity contribution in [2.75, 3.05) is 0 Å². The van der Waals surface area contributed by atoms with Crippen molar-refractivity contribution in [3.8, 4) is 0 Å². The standard InChI is InChI=1S/C10H12N4OS2/c1-14-4-3-12-10(14)17-6-7-2-5-16-8(7)9(15)13-11/h2-5H,6,11H2,1H3,(H,13,15). The van der Waals surface area contributed by atoms with Gasteiger partial charge in [-0.3, -0.25) is 10.2 Å². The summed E-state index contributed by atoms with van der Waals surface area (Å²) in [7, 11) is 1.94. The minimum atomic E-state index is -0.240. The van der Waals surface area contributed by atoms with Gasteiger partial charge in [0.15, 0.2) is 5.16 Å². The monoisotopic (exact) mass is 268 g/mol. The first-order valence-corrected chi connectivity index (χ1v) is 6.76. The third-order valence-corrected chi connectivity index (χ3v) is 4.28. The number of hydrogen-bond donors (Lipinski definition) is 2. The number of imidazole rings is 1. The molecule has 0 aliphatic heterocycles.